The second-order valence-electron chi connectivity index (χ2n) is 9.50. The van der Waals surface area contributed by atoms with Gasteiger partial charge >= 0.3 is 0 Å². The molecule has 184 valence electrons. The van der Waals surface area contributed by atoms with Crippen molar-refractivity contribution in [1.82, 2.24) is 20.2 Å². The summed E-state index contributed by atoms with van der Waals surface area (Å²) in [4.78, 5) is 35.3. The molecule has 2 heterocycles. The fourth-order valence-electron chi connectivity index (χ4n) is 4.79. The van der Waals surface area contributed by atoms with Crippen molar-refractivity contribution in [2.24, 2.45) is 0 Å². The molecule has 6 nitrogen and oxygen atoms in total. The summed E-state index contributed by atoms with van der Waals surface area (Å²) in [6.07, 6.45) is 7.34. The van der Waals surface area contributed by atoms with Crippen LogP contribution < -0.4 is 5.32 Å². The number of fused-ring (bicyclic) bond motifs is 1. The van der Waals surface area contributed by atoms with Crippen molar-refractivity contribution in [3.63, 3.8) is 0 Å². The summed E-state index contributed by atoms with van der Waals surface area (Å²) in [6.45, 7) is 2.68. The van der Waals surface area contributed by atoms with Crippen molar-refractivity contribution in [3.05, 3.63) is 77.7 Å². The second kappa shape index (κ2) is 11.9. The van der Waals surface area contributed by atoms with Crippen LogP contribution in [0.15, 0.2) is 60.8 Å². The van der Waals surface area contributed by atoms with Gasteiger partial charge in [0.25, 0.3) is 0 Å². The molecule has 0 saturated carbocycles. The molecule has 1 aromatic heterocycles. The number of rotatable bonds is 11. The van der Waals surface area contributed by atoms with Gasteiger partial charge in [-0.05, 0) is 43.0 Å². The number of benzene rings is 2. The molecule has 0 radical (unpaired) electrons. The summed E-state index contributed by atoms with van der Waals surface area (Å²) in [7, 11) is 2.01. The fraction of sp³-hybridized carbons (Fsp3) is 0.414. The number of Topliss-reactive ketones (excluding diaryl/α,β-unsaturated/α-hetero) is 1. The largest absolute Gasteiger partial charge is 0.345 e. The number of unbranched alkanes of at least 4 members (excludes halogenated alkanes) is 2. The van der Waals surface area contributed by atoms with Crippen LogP contribution in [0.4, 0.5) is 0 Å². The number of hydrogen-bond donors (Lipinski definition) is 2. The molecular weight excluding hydrogens is 436 g/mol. The van der Waals surface area contributed by atoms with Crippen molar-refractivity contribution < 1.29 is 9.59 Å². The van der Waals surface area contributed by atoms with E-state index in [1.54, 1.807) is 0 Å². The van der Waals surface area contributed by atoms with Crippen LogP contribution in [0.5, 0.6) is 0 Å². The Bertz CT molecular complexity index is 1120. The van der Waals surface area contributed by atoms with Crippen LogP contribution in [-0.2, 0) is 22.6 Å². The van der Waals surface area contributed by atoms with E-state index in [0.29, 0.717) is 25.0 Å². The Hall–Kier alpha value is -3.25. The number of carbonyl (C=O) groups is 2. The minimum Gasteiger partial charge on any atom is -0.345 e. The Morgan fingerprint density at radius 2 is 1.80 bits per heavy atom. The van der Waals surface area contributed by atoms with Crippen LogP contribution in [-0.4, -0.2) is 39.6 Å². The Kier molecular flexibility index (Phi) is 8.48. The second-order valence-corrected chi connectivity index (χ2v) is 9.50. The van der Waals surface area contributed by atoms with Gasteiger partial charge in [0.15, 0.2) is 0 Å². The number of aromatic amines is 1. The molecule has 2 aromatic carbocycles. The van der Waals surface area contributed by atoms with Gasteiger partial charge in [-0.2, -0.15) is 0 Å². The molecule has 3 aromatic rings. The van der Waals surface area contributed by atoms with Gasteiger partial charge in [0.2, 0.25) is 5.91 Å². The van der Waals surface area contributed by atoms with Gasteiger partial charge < -0.3 is 10.3 Å². The van der Waals surface area contributed by atoms with Crippen LogP contribution in [0.3, 0.4) is 0 Å². The molecule has 2 atom stereocenters. The zero-order chi connectivity index (χ0) is 24.6. The van der Waals surface area contributed by atoms with Crippen molar-refractivity contribution in [2.75, 3.05) is 7.05 Å². The van der Waals surface area contributed by atoms with Gasteiger partial charge in [0.1, 0.15) is 11.6 Å². The molecular formula is C29H36N4O2. The molecule has 6 heteroatoms. The first-order chi connectivity index (χ1) is 17.0. The Labute approximate surface area is 208 Å². The third-order valence-corrected chi connectivity index (χ3v) is 6.96. The number of ketones is 1. The molecule has 1 aliphatic heterocycles. The summed E-state index contributed by atoms with van der Waals surface area (Å²) in [6, 6.07) is 18.0. The highest BCUT2D eigenvalue weighted by Crippen LogP contribution is 2.25. The van der Waals surface area contributed by atoms with E-state index in [1.807, 2.05) is 56.6 Å². The lowest BCUT2D eigenvalue weighted by Crippen LogP contribution is -2.49. The molecule has 35 heavy (non-hydrogen) atoms. The smallest absolute Gasteiger partial charge is 0.238 e. The summed E-state index contributed by atoms with van der Waals surface area (Å²) in [5, 5.41) is 3.30. The average molecular weight is 473 g/mol. The van der Waals surface area contributed by atoms with Crippen molar-refractivity contribution in [2.45, 2.75) is 70.5 Å². The molecule has 4 rings (SSSR count). The average Bonchev–Trinajstić information content (AvgIpc) is 3.38. The van der Waals surface area contributed by atoms with E-state index in [0.717, 1.165) is 49.3 Å². The standard InChI is InChI=1S/C29H36N4O2/c1-3-24(34)16-8-5-9-17-25(28-30-19-26(31-28)21-12-6-4-7-13-21)32-29(35)27-18-22-14-10-11-15-23(22)20-33(27)2/h4,6-7,10-15,19,25,27H,3,5,8-9,16-18,20H2,1-2H3,(H,30,31)(H,32,35)/t25-,27?/m0/s1. The van der Waals surface area contributed by atoms with Gasteiger partial charge in [0, 0.05) is 19.4 Å². The number of imidazole rings is 1. The Morgan fingerprint density at radius 3 is 2.57 bits per heavy atom. The highest BCUT2D eigenvalue weighted by Gasteiger charge is 2.31. The monoisotopic (exact) mass is 472 g/mol. The van der Waals surface area contributed by atoms with Crippen molar-refractivity contribution in [1.29, 1.82) is 0 Å². The maximum absolute atomic E-state index is 13.5. The molecule has 1 aliphatic rings. The first-order valence-electron chi connectivity index (χ1n) is 12.7. The number of likely N-dealkylation sites (N-methyl/N-ethyl adjacent to an activating group) is 1. The number of hydrogen-bond acceptors (Lipinski definition) is 4. The lowest BCUT2D eigenvalue weighted by molar-refractivity contribution is -0.127. The Morgan fingerprint density at radius 1 is 1.06 bits per heavy atom. The Balaban J connectivity index is 1.45. The van der Waals surface area contributed by atoms with Gasteiger partial charge in [-0.1, -0.05) is 74.4 Å². The molecule has 1 amide bonds. The van der Waals surface area contributed by atoms with E-state index in [2.05, 4.69) is 38.4 Å². The van der Waals surface area contributed by atoms with Crippen LogP contribution in [0.25, 0.3) is 11.3 Å². The number of aromatic nitrogens is 2. The van der Waals surface area contributed by atoms with Crippen molar-refractivity contribution in [3.8, 4) is 11.3 Å². The quantitative estimate of drug-likeness (QED) is 0.375. The van der Waals surface area contributed by atoms with Crippen molar-refractivity contribution >= 4 is 11.7 Å². The summed E-state index contributed by atoms with van der Waals surface area (Å²) in [5.41, 5.74) is 4.54. The predicted octanol–water partition coefficient (Wildman–Crippen LogP) is 5.22. The van der Waals surface area contributed by atoms with Crippen LogP contribution >= 0.6 is 0 Å². The lowest BCUT2D eigenvalue weighted by Gasteiger charge is -2.34. The van der Waals surface area contributed by atoms with E-state index < -0.39 is 0 Å². The number of carbonyl (C=O) groups excluding carboxylic acids is 2. The highest BCUT2D eigenvalue weighted by molar-refractivity contribution is 5.83. The molecule has 1 unspecified atom stereocenters. The number of amides is 1. The number of H-pyrrole nitrogens is 1. The van der Waals surface area contributed by atoms with E-state index >= 15 is 0 Å². The third kappa shape index (κ3) is 6.45. The van der Waals surface area contributed by atoms with Crippen LogP contribution in [0.2, 0.25) is 0 Å². The summed E-state index contributed by atoms with van der Waals surface area (Å²) < 4.78 is 0. The summed E-state index contributed by atoms with van der Waals surface area (Å²) >= 11 is 0. The van der Waals surface area contributed by atoms with E-state index in [-0.39, 0.29) is 18.0 Å². The van der Waals surface area contributed by atoms with Crippen LogP contribution in [0.1, 0.15) is 68.4 Å². The normalized spacial score (nSPS) is 16.5. The summed E-state index contributed by atoms with van der Waals surface area (Å²) in [5.74, 6) is 1.13. The molecule has 0 saturated heterocycles. The fourth-order valence-corrected chi connectivity index (χ4v) is 4.79. The van der Waals surface area contributed by atoms with Gasteiger partial charge in [-0.25, -0.2) is 4.98 Å². The van der Waals surface area contributed by atoms with E-state index in [4.69, 9.17) is 0 Å². The van der Waals surface area contributed by atoms with E-state index in [9.17, 15) is 9.59 Å². The zero-order valence-corrected chi connectivity index (χ0v) is 20.8. The molecule has 0 spiro atoms. The molecule has 0 aliphatic carbocycles. The lowest BCUT2D eigenvalue weighted by atomic mass is 9.93. The SMILES string of the molecule is CCC(=O)CCCCC[C@H](NC(=O)C1Cc2ccccc2CN1C)c1ncc(-c2ccccc2)[nH]1. The number of nitrogens with zero attached hydrogens (tertiary/aromatic N) is 2. The zero-order valence-electron chi connectivity index (χ0n) is 20.8. The predicted molar refractivity (Wildman–Crippen MR) is 139 cm³/mol. The molecule has 0 fully saturated rings. The maximum atomic E-state index is 13.5. The van der Waals surface area contributed by atoms with Gasteiger partial charge in [-0.3, -0.25) is 14.5 Å². The van der Waals surface area contributed by atoms with E-state index in [1.165, 1.54) is 11.1 Å². The topological polar surface area (TPSA) is 78.1 Å². The minimum atomic E-state index is -0.210. The molecule has 0 bridgehead atoms. The maximum Gasteiger partial charge on any atom is 0.238 e. The van der Waals surface area contributed by atoms with Gasteiger partial charge in [0.05, 0.1) is 24.0 Å². The van der Waals surface area contributed by atoms with Gasteiger partial charge in [-0.15, -0.1) is 0 Å². The first kappa shape index (κ1) is 24.9. The third-order valence-electron chi connectivity index (χ3n) is 6.96. The molecule has 2 N–H and O–H groups in total. The minimum absolute atomic E-state index is 0.0332. The van der Waals surface area contributed by atoms with Crippen LogP contribution in [0, 0.1) is 0 Å². The number of nitrogens with one attached hydrogen (secondary N) is 2. The first-order valence-corrected chi connectivity index (χ1v) is 12.7. The highest BCUT2D eigenvalue weighted by atomic mass is 16.2.